The van der Waals surface area contributed by atoms with Gasteiger partial charge in [-0.25, -0.2) is 18.9 Å². The predicted octanol–water partition coefficient (Wildman–Crippen LogP) is 7.15. The molecule has 3 aromatic heterocycles. The molecular formula is C34H30F4N6O3. The second-order valence-electron chi connectivity index (χ2n) is 10.7. The zero-order valence-corrected chi connectivity index (χ0v) is 25.5. The van der Waals surface area contributed by atoms with Crippen LogP contribution in [-0.4, -0.2) is 43.7 Å². The first-order valence-electron chi connectivity index (χ1n) is 14.8. The fourth-order valence-electron chi connectivity index (χ4n) is 5.17. The number of benzene rings is 2. The zero-order valence-electron chi connectivity index (χ0n) is 25.5. The van der Waals surface area contributed by atoms with Gasteiger partial charge in [0.2, 0.25) is 0 Å². The minimum Gasteiger partial charge on any atom is -0.494 e. The van der Waals surface area contributed by atoms with Crippen LogP contribution in [0.2, 0.25) is 0 Å². The third-order valence-corrected chi connectivity index (χ3v) is 7.33. The van der Waals surface area contributed by atoms with Gasteiger partial charge >= 0.3 is 12.1 Å². The van der Waals surface area contributed by atoms with E-state index in [1.807, 2.05) is 37.3 Å². The SMILES string of the molecule is CCOC(=O)c1cnn(-c2cccc(-c3cc(F)ccc3C(C)Cc3ccc(OCCCn4cc(C#N)cn4)cc3)n2)c1C(F)(F)F. The summed E-state index contributed by atoms with van der Waals surface area (Å²) in [7, 11) is 0. The van der Waals surface area contributed by atoms with Crippen molar-refractivity contribution in [3.8, 4) is 28.9 Å². The summed E-state index contributed by atoms with van der Waals surface area (Å²) in [6.07, 6.45) is 0.355. The van der Waals surface area contributed by atoms with Crippen LogP contribution in [0.25, 0.3) is 17.1 Å². The molecule has 0 amide bonds. The van der Waals surface area contributed by atoms with Gasteiger partial charge < -0.3 is 9.47 Å². The van der Waals surface area contributed by atoms with Crippen LogP contribution in [0.1, 0.15) is 58.9 Å². The van der Waals surface area contributed by atoms with Crippen molar-refractivity contribution in [1.82, 2.24) is 24.5 Å². The molecule has 2 aromatic carbocycles. The molecule has 242 valence electrons. The fourth-order valence-corrected chi connectivity index (χ4v) is 5.17. The number of alkyl halides is 3. The minimum absolute atomic E-state index is 0.104. The molecular weight excluding hydrogens is 616 g/mol. The molecule has 0 aliphatic rings. The largest absolute Gasteiger partial charge is 0.494 e. The molecule has 5 rings (SSSR count). The number of hydrogen-bond donors (Lipinski definition) is 0. The van der Waals surface area contributed by atoms with Crippen LogP contribution in [0.15, 0.2) is 79.3 Å². The summed E-state index contributed by atoms with van der Waals surface area (Å²) in [5.41, 5.74) is 0.879. The molecule has 9 nitrogen and oxygen atoms in total. The number of pyridine rings is 1. The van der Waals surface area contributed by atoms with E-state index >= 15 is 0 Å². The molecule has 0 saturated heterocycles. The van der Waals surface area contributed by atoms with Crippen molar-refractivity contribution >= 4 is 5.97 Å². The van der Waals surface area contributed by atoms with E-state index in [1.165, 1.54) is 37.4 Å². The van der Waals surface area contributed by atoms with Crippen molar-refractivity contribution in [2.45, 2.75) is 45.3 Å². The highest BCUT2D eigenvalue weighted by Gasteiger charge is 2.41. The highest BCUT2D eigenvalue weighted by Crippen LogP contribution is 2.35. The van der Waals surface area contributed by atoms with E-state index in [4.69, 9.17) is 14.7 Å². The maximum absolute atomic E-state index is 14.5. The molecule has 0 spiro atoms. The third kappa shape index (κ3) is 7.84. The second kappa shape index (κ2) is 14.3. The maximum Gasteiger partial charge on any atom is 0.434 e. The van der Waals surface area contributed by atoms with E-state index in [9.17, 15) is 22.4 Å². The van der Waals surface area contributed by atoms with Crippen LogP contribution < -0.4 is 4.74 Å². The average molecular weight is 647 g/mol. The van der Waals surface area contributed by atoms with E-state index in [-0.39, 0.29) is 24.0 Å². The van der Waals surface area contributed by atoms with Crippen molar-refractivity contribution in [2.75, 3.05) is 13.2 Å². The van der Waals surface area contributed by atoms with Crippen molar-refractivity contribution in [3.63, 3.8) is 0 Å². The summed E-state index contributed by atoms with van der Waals surface area (Å²) in [5, 5.41) is 16.8. The first kappa shape index (κ1) is 32.9. The van der Waals surface area contributed by atoms with Crippen LogP contribution in [-0.2, 0) is 23.9 Å². The monoisotopic (exact) mass is 646 g/mol. The van der Waals surface area contributed by atoms with Crippen molar-refractivity contribution in [3.05, 3.63) is 113 Å². The van der Waals surface area contributed by atoms with E-state index < -0.39 is 29.2 Å². The average Bonchev–Trinajstić information content (AvgIpc) is 3.72. The zero-order chi connectivity index (χ0) is 33.6. The Morgan fingerprint density at radius 2 is 1.85 bits per heavy atom. The molecule has 0 radical (unpaired) electrons. The number of carbonyl (C=O) groups excluding carboxylic acids is 1. The number of rotatable bonds is 12. The number of esters is 1. The number of halogens is 4. The topological polar surface area (TPSA) is 108 Å². The lowest BCUT2D eigenvalue weighted by Gasteiger charge is -2.18. The first-order chi connectivity index (χ1) is 22.6. The summed E-state index contributed by atoms with van der Waals surface area (Å²) in [6.45, 7) is 4.44. The van der Waals surface area contributed by atoms with Gasteiger partial charge in [0.1, 0.15) is 23.2 Å². The van der Waals surface area contributed by atoms with Crippen LogP contribution >= 0.6 is 0 Å². The Bertz CT molecular complexity index is 1890. The standard InChI is InChI=1S/C34H30F4N6O3/c1-3-46-33(45)29-20-41-44(32(29)34(36,37)38)31-7-4-6-30(42-31)28-17-25(35)10-13-27(28)22(2)16-23-8-11-26(12-9-23)47-15-5-14-43-21-24(18-39)19-40-43/h4,6-13,17,19-22H,3,5,14-16H2,1-2H3. The van der Waals surface area contributed by atoms with Gasteiger partial charge in [-0.05, 0) is 66.8 Å². The molecule has 1 unspecified atom stereocenters. The van der Waals surface area contributed by atoms with Gasteiger partial charge in [0, 0.05) is 24.7 Å². The molecule has 0 aliphatic heterocycles. The summed E-state index contributed by atoms with van der Waals surface area (Å²) in [5.74, 6) is -1.29. The summed E-state index contributed by atoms with van der Waals surface area (Å²) >= 11 is 0. The second-order valence-corrected chi connectivity index (χ2v) is 10.7. The summed E-state index contributed by atoms with van der Waals surface area (Å²) < 4.78 is 69.7. The molecule has 0 aliphatic carbocycles. The number of hydrogen-bond acceptors (Lipinski definition) is 7. The molecule has 1 atom stereocenters. The molecule has 0 saturated carbocycles. The fraction of sp³-hybridized carbons (Fsp3) is 0.265. The lowest BCUT2D eigenvalue weighted by molar-refractivity contribution is -0.143. The molecule has 13 heteroatoms. The van der Waals surface area contributed by atoms with Gasteiger partial charge in [0.25, 0.3) is 0 Å². The molecule has 0 bridgehead atoms. The van der Waals surface area contributed by atoms with E-state index in [1.54, 1.807) is 23.0 Å². The number of nitriles is 1. The predicted molar refractivity (Wildman–Crippen MR) is 163 cm³/mol. The number of ether oxygens (including phenoxy) is 2. The van der Waals surface area contributed by atoms with Gasteiger partial charge in [-0.1, -0.05) is 31.2 Å². The quantitative estimate of drug-likeness (QED) is 0.0805. The van der Waals surface area contributed by atoms with Gasteiger partial charge in [0.05, 0.1) is 36.9 Å². The Kier molecular flexibility index (Phi) is 9.99. The van der Waals surface area contributed by atoms with Gasteiger partial charge in [0.15, 0.2) is 11.5 Å². The lowest BCUT2D eigenvalue weighted by Crippen LogP contribution is -2.19. The van der Waals surface area contributed by atoms with Gasteiger partial charge in [-0.2, -0.15) is 28.6 Å². The molecule has 0 fully saturated rings. The minimum atomic E-state index is -4.93. The Morgan fingerprint density at radius 1 is 1.06 bits per heavy atom. The lowest BCUT2D eigenvalue weighted by atomic mass is 9.89. The van der Waals surface area contributed by atoms with Crippen molar-refractivity contribution < 1.29 is 31.8 Å². The van der Waals surface area contributed by atoms with Crippen molar-refractivity contribution in [1.29, 1.82) is 5.26 Å². The smallest absolute Gasteiger partial charge is 0.434 e. The van der Waals surface area contributed by atoms with Gasteiger partial charge in [-0.3, -0.25) is 4.68 Å². The van der Waals surface area contributed by atoms with E-state index in [0.29, 0.717) is 47.6 Å². The molecule has 47 heavy (non-hydrogen) atoms. The Balaban J connectivity index is 1.32. The third-order valence-electron chi connectivity index (χ3n) is 7.33. The van der Waals surface area contributed by atoms with Crippen LogP contribution in [0.5, 0.6) is 5.75 Å². The Labute approximate surface area is 268 Å². The highest BCUT2D eigenvalue weighted by molar-refractivity contribution is 5.90. The molecule has 3 heterocycles. The summed E-state index contributed by atoms with van der Waals surface area (Å²) in [4.78, 5) is 16.6. The summed E-state index contributed by atoms with van der Waals surface area (Å²) in [6, 6.07) is 18.4. The van der Waals surface area contributed by atoms with Crippen LogP contribution in [0, 0.1) is 17.1 Å². The number of aryl methyl sites for hydroxylation is 1. The Morgan fingerprint density at radius 3 is 2.55 bits per heavy atom. The van der Waals surface area contributed by atoms with E-state index in [2.05, 4.69) is 15.2 Å². The molecule has 5 aromatic rings. The van der Waals surface area contributed by atoms with Crippen LogP contribution in [0.4, 0.5) is 17.6 Å². The number of aromatic nitrogens is 5. The number of nitrogens with zero attached hydrogens (tertiary/aromatic N) is 6. The van der Waals surface area contributed by atoms with Gasteiger partial charge in [-0.15, -0.1) is 0 Å². The Hall–Kier alpha value is -5.51. The van der Waals surface area contributed by atoms with Crippen LogP contribution in [0.3, 0.4) is 0 Å². The number of carbonyl (C=O) groups is 1. The first-order valence-corrected chi connectivity index (χ1v) is 14.8. The molecule has 0 N–H and O–H groups in total. The van der Waals surface area contributed by atoms with E-state index in [0.717, 1.165) is 17.3 Å². The normalized spacial score (nSPS) is 12.0. The van der Waals surface area contributed by atoms with Crippen molar-refractivity contribution in [2.24, 2.45) is 0 Å². The maximum atomic E-state index is 14.5. The highest BCUT2D eigenvalue weighted by atomic mass is 19.4.